The third-order valence-electron chi connectivity index (χ3n) is 2.61. The third-order valence-corrected chi connectivity index (χ3v) is 3.48. The maximum Gasteiger partial charge on any atom is 0.190 e. The molecule has 0 saturated heterocycles. The van der Waals surface area contributed by atoms with E-state index in [1.807, 2.05) is 0 Å². The topological polar surface area (TPSA) is 9.23 Å². The first-order chi connectivity index (χ1) is 11.4. The Hall–Kier alpha value is -1.13. The van der Waals surface area contributed by atoms with Gasteiger partial charge in [0.05, 0.1) is 9.30 Å². The fourth-order valence-corrected chi connectivity index (χ4v) is 2.35. The van der Waals surface area contributed by atoms with Gasteiger partial charge in [-0.05, 0) is 54.7 Å². The maximum atomic E-state index is 14.2. The van der Waals surface area contributed by atoms with E-state index in [1.54, 1.807) is 18.2 Å². The second-order valence-electron chi connectivity index (χ2n) is 4.01. The standard InChI is InChI=1S/C15H12BrClF2O/c1-2-20-15-13(18)6-9(7-14(15)19)5-10-8-11(16)3-4-12(10)17/h3-4,6-8H,2,5H2,1H3/i1D3,2D2. The molecule has 0 aromatic heterocycles. The zero-order valence-corrected chi connectivity index (χ0v) is 12.4. The van der Waals surface area contributed by atoms with E-state index in [4.69, 9.17) is 18.5 Å². The summed E-state index contributed by atoms with van der Waals surface area (Å²) in [4.78, 5) is 0. The first-order valence-electron chi connectivity index (χ1n) is 8.01. The van der Waals surface area contributed by atoms with Crippen LogP contribution in [0.15, 0.2) is 34.8 Å². The van der Waals surface area contributed by atoms with Gasteiger partial charge in [-0.15, -0.1) is 0 Å². The van der Waals surface area contributed by atoms with Crippen molar-refractivity contribution in [3.8, 4) is 5.75 Å². The molecule has 2 rings (SSSR count). The summed E-state index contributed by atoms with van der Waals surface area (Å²) < 4.78 is 69.2. The quantitative estimate of drug-likeness (QED) is 0.707. The largest absolute Gasteiger partial charge is 0.488 e. The molecular formula is C15H12BrClF2O. The highest BCUT2D eigenvalue weighted by Crippen LogP contribution is 2.27. The van der Waals surface area contributed by atoms with E-state index < -0.39 is 30.8 Å². The molecule has 0 spiro atoms. The molecule has 0 amide bonds. The molecule has 0 aliphatic heterocycles. The Kier molecular flexibility index (Phi) is 3.19. The molecule has 0 aliphatic rings. The van der Waals surface area contributed by atoms with Crippen LogP contribution in [-0.2, 0) is 6.42 Å². The molecule has 2 aromatic carbocycles. The zero-order valence-electron chi connectivity index (χ0n) is 15.0. The lowest BCUT2D eigenvalue weighted by atomic mass is 10.0. The van der Waals surface area contributed by atoms with Crippen molar-refractivity contribution in [1.82, 2.24) is 0 Å². The highest BCUT2D eigenvalue weighted by molar-refractivity contribution is 9.10. The second-order valence-corrected chi connectivity index (χ2v) is 5.33. The molecule has 0 N–H and O–H groups in total. The van der Waals surface area contributed by atoms with Crippen molar-refractivity contribution in [1.29, 1.82) is 0 Å². The van der Waals surface area contributed by atoms with E-state index in [1.165, 1.54) is 0 Å². The molecule has 0 fully saturated rings. The van der Waals surface area contributed by atoms with Crippen LogP contribution in [0.5, 0.6) is 5.75 Å². The molecule has 5 heteroatoms. The molecule has 0 atom stereocenters. The predicted octanol–water partition coefficient (Wildman–Crippen LogP) is 5.37. The Morgan fingerprint density at radius 3 is 2.65 bits per heavy atom. The van der Waals surface area contributed by atoms with Gasteiger partial charge in [0.15, 0.2) is 17.4 Å². The van der Waals surface area contributed by atoms with E-state index in [2.05, 4.69) is 20.7 Å². The molecular weight excluding hydrogens is 350 g/mol. The van der Waals surface area contributed by atoms with Crippen LogP contribution in [0.2, 0.25) is 5.02 Å². The normalized spacial score (nSPS) is 15.7. The summed E-state index contributed by atoms with van der Waals surface area (Å²) in [7, 11) is 0. The molecule has 0 radical (unpaired) electrons. The van der Waals surface area contributed by atoms with E-state index in [0.29, 0.717) is 10.6 Å². The average molecular weight is 367 g/mol. The second kappa shape index (κ2) is 6.55. The molecule has 0 aliphatic carbocycles. The molecule has 0 unspecified atom stereocenters. The molecule has 2 aromatic rings. The summed E-state index contributed by atoms with van der Waals surface area (Å²) in [6.45, 7) is -6.43. The minimum atomic E-state index is -3.23. The molecule has 0 bridgehead atoms. The monoisotopic (exact) mass is 365 g/mol. The maximum absolute atomic E-state index is 14.2. The fraction of sp³-hybridized carbons (Fsp3) is 0.200. The van der Waals surface area contributed by atoms with Crippen molar-refractivity contribution >= 4 is 27.5 Å². The molecule has 106 valence electrons. The van der Waals surface area contributed by atoms with Crippen LogP contribution in [-0.4, -0.2) is 6.56 Å². The first kappa shape index (κ1) is 9.74. The number of benzene rings is 2. The number of halogens is 4. The van der Waals surface area contributed by atoms with Crippen molar-refractivity contribution in [3.05, 3.63) is 62.6 Å². The third kappa shape index (κ3) is 3.49. The van der Waals surface area contributed by atoms with Gasteiger partial charge in [0.25, 0.3) is 0 Å². The predicted molar refractivity (Wildman–Crippen MR) is 79.5 cm³/mol. The van der Waals surface area contributed by atoms with Crippen molar-refractivity contribution in [2.45, 2.75) is 13.3 Å². The average Bonchev–Trinajstić information content (AvgIpc) is 2.46. The van der Waals surface area contributed by atoms with Crippen LogP contribution in [0.1, 0.15) is 24.8 Å². The summed E-state index contributed by atoms with van der Waals surface area (Å²) in [6.07, 6.45) is 0.124. The fourth-order valence-electron chi connectivity index (χ4n) is 1.76. The Bertz CT molecular complexity index is 775. The zero-order chi connectivity index (χ0) is 19.0. The first-order valence-corrected chi connectivity index (χ1v) is 6.68. The summed E-state index contributed by atoms with van der Waals surface area (Å²) in [6, 6.07) is 6.96. The molecule has 0 heterocycles. The van der Waals surface area contributed by atoms with E-state index in [9.17, 15) is 8.78 Å². The SMILES string of the molecule is [2H]C([2H])([2H])C([2H])([2H])Oc1c(F)cc(Cc2cc(Br)ccc2Cl)cc1F. The molecule has 0 saturated carbocycles. The Morgan fingerprint density at radius 2 is 2.00 bits per heavy atom. The molecule has 20 heavy (non-hydrogen) atoms. The minimum absolute atomic E-state index is 0.124. The highest BCUT2D eigenvalue weighted by Gasteiger charge is 2.13. The van der Waals surface area contributed by atoms with Crippen molar-refractivity contribution in [3.63, 3.8) is 0 Å². The van der Waals surface area contributed by atoms with Gasteiger partial charge in [-0.25, -0.2) is 8.78 Å². The van der Waals surface area contributed by atoms with Gasteiger partial charge in [0.1, 0.15) is 0 Å². The van der Waals surface area contributed by atoms with Crippen LogP contribution in [0.25, 0.3) is 0 Å². The van der Waals surface area contributed by atoms with Crippen LogP contribution in [0.4, 0.5) is 8.78 Å². The van der Waals surface area contributed by atoms with Gasteiger partial charge in [-0.3, -0.25) is 0 Å². The number of hydrogen-bond donors (Lipinski definition) is 0. The summed E-state index contributed by atoms with van der Waals surface area (Å²) in [5, 5.41) is 0.420. The Balaban J connectivity index is 2.33. The smallest absolute Gasteiger partial charge is 0.190 e. The van der Waals surface area contributed by atoms with Gasteiger partial charge in [-0.1, -0.05) is 27.5 Å². The summed E-state index contributed by atoms with van der Waals surface area (Å²) >= 11 is 9.33. The Morgan fingerprint density at radius 1 is 1.30 bits per heavy atom. The van der Waals surface area contributed by atoms with Gasteiger partial charge in [0, 0.05) is 13.6 Å². The van der Waals surface area contributed by atoms with Crippen LogP contribution in [0.3, 0.4) is 0 Å². The van der Waals surface area contributed by atoms with Crippen LogP contribution >= 0.6 is 27.5 Å². The minimum Gasteiger partial charge on any atom is -0.488 e. The van der Waals surface area contributed by atoms with Gasteiger partial charge in [0.2, 0.25) is 0 Å². The lowest BCUT2D eigenvalue weighted by Crippen LogP contribution is -2.00. The van der Waals surface area contributed by atoms with Gasteiger partial charge >= 0.3 is 0 Å². The van der Waals surface area contributed by atoms with E-state index in [-0.39, 0.29) is 12.0 Å². The Labute approximate surface area is 136 Å². The van der Waals surface area contributed by atoms with Crippen LogP contribution in [0, 0.1) is 11.6 Å². The highest BCUT2D eigenvalue weighted by atomic mass is 79.9. The lowest BCUT2D eigenvalue weighted by Gasteiger charge is -2.10. The number of rotatable bonds is 4. The van der Waals surface area contributed by atoms with Crippen molar-refractivity contribution in [2.75, 3.05) is 6.56 Å². The van der Waals surface area contributed by atoms with Crippen molar-refractivity contribution < 1.29 is 20.4 Å². The van der Waals surface area contributed by atoms with Crippen LogP contribution < -0.4 is 4.74 Å². The number of hydrogen-bond acceptors (Lipinski definition) is 1. The van der Waals surface area contributed by atoms with Gasteiger partial charge < -0.3 is 4.74 Å². The summed E-state index contributed by atoms with van der Waals surface area (Å²) in [5.41, 5.74) is 0.859. The van der Waals surface area contributed by atoms with E-state index in [0.717, 1.165) is 16.6 Å². The lowest BCUT2D eigenvalue weighted by molar-refractivity contribution is 0.302. The van der Waals surface area contributed by atoms with Crippen molar-refractivity contribution in [2.24, 2.45) is 0 Å². The van der Waals surface area contributed by atoms with E-state index >= 15 is 0 Å². The molecule has 1 nitrogen and oxygen atoms in total. The van der Waals surface area contributed by atoms with Gasteiger partial charge in [-0.2, -0.15) is 0 Å². The number of ether oxygens (including phenoxy) is 1. The summed E-state index contributed by atoms with van der Waals surface area (Å²) in [5.74, 6) is -3.48.